The molecule has 9 nitrogen and oxygen atoms in total. The molecule has 3 aromatic rings. The Morgan fingerprint density at radius 2 is 1.78 bits per heavy atom. The summed E-state index contributed by atoms with van der Waals surface area (Å²) in [5.74, 6) is -1.26. The van der Waals surface area contributed by atoms with Crippen molar-refractivity contribution in [3.8, 4) is 11.5 Å². The third-order valence-electron chi connectivity index (χ3n) is 4.74. The van der Waals surface area contributed by atoms with Gasteiger partial charge in [0, 0.05) is 16.6 Å². The molecular weight excluding hydrogens is 587 g/mol. The number of halogens is 3. The standard InChI is InChI=1S/C25H21BrCl2N4O5/c1-36-18-8-5-15(6-9-18)12-29-24(34)25(35)32-30-13-16-11-17(26)7-10-21(16)37-14-22(33)31-20-4-2-3-19(27)23(20)28/h2-11,13H,12,14H2,1H3,(H,29,34)(H,31,33)(H,32,35)/b30-13-. The van der Waals surface area contributed by atoms with Gasteiger partial charge in [-0.1, -0.05) is 57.3 Å². The van der Waals surface area contributed by atoms with Crippen LogP contribution < -0.4 is 25.5 Å². The first-order valence-corrected chi connectivity index (χ1v) is 12.2. The fraction of sp³-hybridized carbons (Fsp3) is 0.120. The number of rotatable bonds is 9. The molecule has 37 heavy (non-hydrogen) atoms. The summed E-state index contributed by atoms with van der Waals surface area (Å²) in [6.07, 6.45) is 1.29. The van der Waals surface area contributed by atoms with Gasteiger partial charge in [-0.15, -0.1) is 0 Å². The molecule has 3 amide bonds. The van der Waals surface area contributed by atoms with E-state index in [1.807, 2.05) is 0 Å². The minimum Gasteiger partial charge on any atom is -0.497 e. The molecule has 0 fully saturated rings. The van der Waals surface area contributed by atoms with Gasteiger partial charge in [-0.2, -0.15) is 5.10 Å². The van der Waals surface area contributed by atoms with Gasteiger partial charge in [-0.3, -0.25) is 14.4 Å². The number of hydrogen-bond acceptors (Lipinski definition) is 6. The first-order chi connectivity index (χ1) is 17.8. The number of carbonyl (C=O) groups excluding carboxylic acids is 3. The van der Waals surface area contributed by atoms with Gasteiger partial charge < -0.3 is 20.1 Å². The molecule has 0 aliphatic carbocycles. The van der Waals surface area contributed by atoms with Crippen LogP contribution in [0.15, 0.2) is 70.2 Å². The average Bonchev–Trinajstić information content (AvgIpc) is 2.89. The summed E-state index contributed by atoms with van der Waals surface area (Å²) in [5.41, 5.74) is 3.76. The van der Waals surface area contributed by atoms with E-state index >= 15 is 0 Å². The number of methoxy groups -OCH3 is 1. The van der Waals surface area contributed by atoms with Crippen molar-refractivity contribution >= 4 is 68.8 Å². The number of nitrogens with one attached hydrogen (secondary N) is 3. The summed E-state index contributed by atoms with van der Waals surface area (Å²) in [5, 5.41) is 9.48. The Kier molecular flexibility index (Phi) is 10.3. The molecule has 0 saturated heterocycles. The zero-order chi connectivity index (χ0) is 26.8. The molecule has 3 rings (SSSR count). The van der Waals surface area contributed by atoms with Crippen LogP contribution in [0.1, 0.15) is 11.1 Å². The van der Waals surface area contributed by atoms with Crippen molar-refractivity contribution in [1.29, 1.82) is 0 Å². The van der Waals surface area contributed by atoms with Crippen molar-refractivity contribution in [3.63, 3.8) is 0 Å². The maximum atomic E-state index is 12.3. The smallest absolute Gasteiger partial charge is 0.329 e. The van der Waals surface area contributed by atoms with Gasteiger partial charge >= 0.3 is 11.8 Å². The van der Waals surface area contributed by atoms with E-state index in [2.05, 4.69) is 37.1 Å². The van der Waals surface area contributed by atoms with Crippen LogP contribution in [0.2, 0.25) is 10.0 Å². The fourth-order valence-electron chi connectivity index (χ4n) is 2.90. The molecule has 192 valence electrons. The molecule has 0 bridgehead atoms. The van der Waals surface area contributed by atoms with Crippen LogP contribution in [0.4, 0.5) is 5.69 Å². The van der Waals surface area contributed by atoms with Gasteiger partial charge in [0.2, 0.25) is 0 Å². The maximum Gasteiger partial charge on any atom is 0.329 e. The summed E-state index contributed by atoms with van der Waals surface area (Å²) >= 11 is 15.4. The Bertz CT molecular complexity index is 1320. The monoisotopic (exact) mass is 606 g/mol. The van der Waals surface area contributed by atoms with Crippen molar-refractivity contribution in [2.45, 2.75) is 6.54 Å². The molecule has 3 N–H and O–H groups in total. The van der Waals surface area contributed by atoms with Crippen LogP contribution in [0.25, 0.3) is 0 Å². The van der Waals surface area contributed by atoms with Crippen molar-refractivity contribution in [2.75, 3.05) is 19.0 Å². The van der Waals surface area contributed by atoms with E-state index in [1.54, 1.807) is 67.8 Å². The maximum absolute atomic E-state index is 12.3. The van der Waals surface area contributed by atoms with E-state index in [4.69, 9.17) is 32.7 Å². The van der Waals surface area contributed by atoms with Crippen molar-refractivity contribution < 1.29 is 23.9 Å². The third-order valence-corrected chi connectivity index (χ3v) is 6.06. The second-order valence-corrected chi connectivity index (χ2v) is 9.05. The first kappa shape index (κ1) is 28.0. The van der Waals surface area contributed by atoms with Crippen LogP contribution in [-0.2, 0) is 20.9 Å². The van der Waals surface area contributed by atoms with Crippen molar-refractivity contribution in [3.05, 3.63) is 86.3 Å². The summed E-state index contributed by atoms with van der Waals surface area (Å²) < 4.78 is 11.4. The van der Waals surface area contributed by atoms with Gasteiger partial charge in [0.05, 0.1) is 29.1 Å². The van der Waals surface area contributed by atoms with Gasteiger partial charge in [-0.05, 0) is 48.0 Å². The SMILES string of the molecule is COc1ccc(CNC(=O)C(=O)N/N=C\c2cc(Br)ccc2OCC(=O)Nc2cccc(Cl)c2Cl)cc1. The zero-order valence-electron chi connectivity index (χ0n) is 19.4. The molecule has 0 unspecified atom stereocenters. The van der Waals surface area contributed by atoms with Crippen LogP contribution in [0.3, 0.4) is 0 Å². The summed E-state index contributed by atoms with van der Waals surface area (Å²) in [6.45, 7) is -0.169. The lowest BCUT2D eigenvalue weighted by molar-refractivity contribution is -0.139. The second-order valence-electron chi connectivity index (χ2n) is 7.35. The Hall–Kier alpha value is -3.60. The van der Waals surface area contributed by atoms with Crippen LogP contribution in [-0.4, -0.2) is 37.7 Å². The second kappa shape index (κ2) is 13.6. The highest BCUT2D eigenvalue weighted by atomic mass is 79.9. The first-order valence-electron chi connectivity index (χ1n) is 10.7. The molecule has 0 aromatic heterocycles. The quantitative estimate of drug-likeness (QED) is 0.187. The Labute approximate surface area is 231 Å². The van der Waals surface area contributed by atoms with Gasteiger partial charge in [-0.25, -0.2) is 5.43 Å². The van der Waals surface area contributed by atoms with E-state index in [0.717, 1.165) is 5.56 Å². The number of amides is 3. The summed E-state index contributed by atoms with van der Waals surface area (Å²) in [7, 11) is 1.56. The molecular formula is C25H21BrCl2N4O5. The predicted octanol–water partition coefficient (Wildman–Crippen LogP) is 4.55. The molecule has 0 radical (unpaired) electrons. The number of carbonyl (C=O) groups is 3. The normalized spacial score (nSPS) is 10.6. The van der Waals surface area contributed by atoms with Crippen molar-refractivity contribution in [2.24, 2.45) is 5.10 Å². The number of benzene rings is 3. The highest BCUT2D eigenvalue weighted by Crippen LogP contribution is 2.29. The van der Waals surface area contributed by atoms with Gasteiger partial charge in [0.25, 0.3) is 5.91 Å². The summed E-state index contributed by atoms with van der Waals surface area (Å²) in [4.78, 5) is 36.4. The highest BCUT2D eigenvalue weighted by molar-refractivity contribution is 9.10. The lowest BCUT2D eigenvalue weighted by Crippen LogP contribution is -2.37. The largest absolute Gasteiger partial charge is 0.497 e. The minimum atomic E-state index is -0.944. The zero-order valence-corrected chi connectivity index (χ0v) is 22.5. The number of nitrogens with zero attached hydrogens (tertiary/aromatic N) is 1. The fourth-order valence-corrected chi connectivity index (χ4v) is 3.63. The molecule has 0 spiro atoms. The van der Waals surface area contributed by atoms with Crippen LogP contribution in [0.5, 0.6) is 11.5 Å². The summed E-state index contributed by atoms with van der Waals surface area (Å²) in [6, 6.07) is 16.9. The van der Waals surface area contributed by atoms with Gasteiger partial charge in [0.1, 0.15) is 11.5 Å². The van der Waals surface area contributed by atoms with E-state index in [1.165, 1.54) is 6.21 Å². The van der Waals surface area contributed by atoms with Crippen LogP contribution in [0, 0.1) is 0 Å². The van der Waals surface area contributed by atoms with Gasteiger partial charge in [0.15, 0.2) is 6.61 Å². The molecule has 0 aliphatic heterocycles. The topological polar surface area (TPSA) is 118 Å². The lowest BCUT2D eigenvalue weighted by Gasteiger charge is -2.11. The number of anilines is 1. The van der Waals surface area contributed by atoms with E-state index in [0.29, 0.717) is 32.2 Å². The number of hydrazone groups is 1. The molecule has 0 atom stereocenters. The molecule has 12 heteroatoms. The van der Waals surface area contributed by atoms with Crippen molar-refractivity contribution in [1.82, 2.24) is 10.7 Å². The third kappa shape index (κ3) is 8.49. The Morgan fingerprint density at radius 1 is 1.03 bits per heavy atom. The molecule has 0 heterocycles. The Morgan fingerprint density at radius 3 is 2.51 bits per heavy atom. The highest BCUT2D eigenvalue weighted by Gasteiger charge is 2.13. The van der Waals surface area contributed by atoms with Crippen LogP contribution >= 0.6 is 39.1 Å². The Balaban J connectivity index is 1.54. The predicted molar refractivity (Wildman–Crippen MR) is 145 cm³/mol. The van der Waals surface area contributed by atoms with E-state index < -0.39 is 17.7 Å². The molecule has 3 aromatic carbocycles. The van der Waals surface area contributed by atoms with E-state index in [9.17, 15) is 14.4 Å². The number of hydrogen-bond donors (Lipinski definition) is 3. The molecule has 0 aliphatic rings. The minimum absolute atomic E-state index is 0.159. The van der Waals surface area contributed by atoms with E-state index in [-0.39, 0.29) is 18.2 Å². The average molecular weight is 608 g/mol. The number of ether oxygens (including phenoxy) is 2. The lowest BCUT2D eigenvalue weighted by atomic mass is 10.2. The molecule has 0 saturated carbocycles.